The van der Waals surface area contributed by atoms with Gasteiger partial charge in [0.15, 0.2) is 0 Å². The van der Waals surface area contributed by atoms with Gasteiger partial charge in [0.05, 0.1) is 18.3 Å². The lowest BCUT2D eigenvalue weighted by molar-refractivity contribution is 0.266. The van der Waals surface area contributed by atoms with Gasteiger partial charge in [-0.25, -0.2) is 4.98 Å². The van der Waals surface area contributed by atoms with Gasteiger partial charge in [0.1, 0.15) is 5.01 Å². The maximum Gasteiger partial charge on any atom is 0.123 e. The summed E-state index contributed by atoms with van der Waals surface area (Å²) in [6.45, 7) is 1.98. The van der Waals surface area contributed by atoms with Crippen molar-refractivity contribution in [3.8, 4) is 10.6 Å². The predicted molar refractivity (Wildman–Crippen MR) is 66.3 cm³/mol. The molecule has 0 saturated heterocycles. The van der Waals surface area contributed by atoms with Crippen LogP contribution in [0, 0.1) is 6.92 Å². The molecular formula is C12H14N2OS. The van der Waals surface area contributed by atoms with E-state index in [2.05, 4.69) is 24.0 Å². The molecule has 2 rings (SSSR count). The van der Waals surface area contributed by atoms with Crippen LogP contribution in [0.2, 0.25) is 0 Å². The van der Waals surface area contributed by atoms with Crippen molar-refractivity contribution in [3.05, 3.63) is 40.9 Å². The molecule has 16 heavy (non-hydrogen) atoms. The first-order chi connectivity index (χ1) is 7.70. The first-order valence-corrected chi connectivity index (χ1v) is 5.97. The number of nitrogens with two attached hydrogens (primary N) is 1. The third-order valence-corrected chi connectivity index (χ3v) is 3.27. The molecule has 0 aliphatic heterocycles. The largest absolute Gasteiger partial charge is 0.394 e. The van der Waals surface area contributed by atoms with Crippen molar-refractivity contribution in [2.45, 2.75) is 13.0 Å². The fourth-order valence-electron chi connectivity index (χ4n) is 1.46. The molecule has 1 atom stereocenters. The summed E-state index contributed by atoms with van der Waals surface area (Å²) in [6.07, 6.45) is 0. The summed E-state index contributed by atoms with van der Waals surface area (Å²) in [7, 11) is 0. The SMILES string of the molecule is Cc1cccc(-c2nc(C(N)CO)cs2)c1. The van der Waals surface area contributed by atoms with Crippen LogP contribution in [0.3, 0.4) is 0 Å². The number of aryl methyl sites for hydroxylation is 1. The van der Waals surface area contributed by atoms with Crippen LogP contribution in [-0.2, 0) is 0 Å². The molecule has 0 spiro atoms. The molecule has 0 saturated carbocycles. The van der Waals surface area contributed by atoms with E-state index in [1.165, 1.54) is 5.56 Å². The number of hydrogen-bond donors (Lipinski definition) is 2. The molecular weight excluding hydrogens is 220 g/mol. The van der Waals surface area contributed by atoms with E-state index < -0.39 is 0 Å². The zero-order chi connectivity index (χ0) is 11.5. The van der Waals surface area contributed by atoms with E-state index >= 15 is 0 Å². The van der Waals surface area contributed by atoms with Gasteiger partial charge in [-0.1, -0.05) is 23.8 Å². The van der Waals surface area contributed by atoms with E-state index in [1.807, 2.05) is 17.5 Å². The topological polar surface area (TPSA) is 59.1 Å². The highest BCUT2D eigenvalue weighted by Crippen LogP contribution is 2.26. The maximum absolute atomic E-state index is 8.95. The van der Waals surface area contributed by atoms with Gasteiger partial charge in [0.25, 0.3) is 0 Å². The molecule has 1 aromatic heterocycles. The summed E-state index contributed by atoms with van der Waals surface area (Å²) in [4.78, 5) is 4.43. The van der Waals surface area contributed by atoms with Gasteiger partial charge in [0, 0.05) is 10.9 Å². The van der Waals surface area contributed by atoms with Crippen LogP contribution >= 0.6 is 11.3 Å². The van der Waals surface area contributed by atoms with E-state index in [0.717, 1.165) is 16.3 Å². The zero-order valence-electron chi connectivity index (χ0n) is 9.05. The minimum atomic E-state index is -0.380. The summed E-state index contributed by atoms with van der Waals surface area (Å²) >= 11 is 1.55. The Balaban J connectivity index is 2.31. The summed E-state index contributed by atoms with van der Waals surface area (Å²) in [5.41, 5.74) is 8.77. The van der Waals surface area contributed by atoms with Gasteiger partial charge in [0.2, 0.25) is 0 Å². The lowest BCUT2D eigenvalue weighted by atomic mass is 10.1. The Morgan fingerprint density at radius 2 is 2.31 bits per heavy atom. The smallest absolute Gasteiger partial charge is 0.123 e. The lowest BCUT2D eigenvalue weighted by Crippen LogP contribution is -2.14. The van der Waals surface area contributed by atoms with Crippen molar-refractivity contribution in [3.63, 3.8) is 0 Å². The number of nitrogens with zero attached hydrogens (tertiary/aromatic N) is 1. The van der Waals surface area contributed by atoms with Gasteiger partial charge in [-0.15, -0.1) is 11.3 Å². The third-order valence-electron chi connectivity index (χ3n) is 2.36. The summed E-state index contributed by atoms with van der Waals surface area (Å²) in [5, 5.41) is 11.8. The second-order valence-corrected chi connectivity index (χ2v) is 4.59. The van der Waals surface area contributed by atoms with E-state index in [9.17, 15) is 0 Å². The molecule has 0 bridgehead atoms. The molecule has 3 N–H and O–H groups in total. The molecule has 1 unspecified atom stereocenters. The van der Waals surface area contributed by atoms with Crippen molar-refractivity contribution in [2.24, 2.45) is 5.73 Å². The van der Waals surface area contributed by atoms with Gasteiger partial charge in [-0.2, -0.15) is 0 Å². The highest BCUT2D eigenvalue weighted by molar-refractivity contribution is 7.13. The molecule has 1 heterocycles. The first kappa shape index (κ1) is 11.3. The first-order valence-electron chi connectivity index (χ1n) is 5.09. The van der Waals surface area contributed by atoms with Crippen molar-refractivity contribution in [2.75, 3.05) is 6.61 Å². The van der Waals surface area contributed by atoms with Gasteiger partial charge < -0.3 is 10.8 Å². The van der Waals surface area contributed by atoms with Crippen LogP contribution in [0.4, 0.5) is 0 Å². The Morgan fingerprint density at radius 3 is 3.00 bits per heavy atom. The lowest BCUT2D eigenvalue weighted by Gasteiger charge is -2.02. The number of rotatable bonds is 3. The Hall–Kier alpha value is -1.23. The fraction of sp³-hybridized carbons (Fsp3) is 0.250. The highest BCUT2D eigenvalue weighted by Gasteiger charge is 2.10. The molecule has 4 heteroatoms. The molecule has 84 valence electrons. The van der Waals surface area contributed by atoms with E-state index in [0.29, 0.717) is 0 Å². The quantitative estimate of drug-likeness (QED) is 0.855. The van der Waals surface area contributed by atoms with Crippen LogP contribution in [-0.4, -0.2) is 16.7 Å². The molecule has 2 aromatic rings. The number of hydrogen-bond acceptors (Lipinski definition) is 4. The number of benzene rings is 1. The van der Waals surface area contributed by atoms with Crippen LogP contribution in [0.15, 0.2) is 29.6 Å². The van der Waals surface area contributed by atoms with Crippen LogP contribution in [0.1, 0.15) is 17.3 Å². The average molecular weight is 234 g/mol. The van der Waals surface area contributed by atoms with Crippen molar-refractivity contribution in [1.29, 1.82) is 0 Å². The summed E-state index contributed by atoms with van der Waals surface area (Å²) < 4.78 is 0. The monoisotopic (exact) mass is 234 g/mol. The van der Waals surface area contributed by atoms with Gasteiger partial charge >= 0.3 is 0 Å². The molecule has 3 nitrogen and oxygen atoms in total. The molecule has 0 radical (unpaired) electrons. The predicted octanol–water partition coefficient (Wildman–Crippen LogP) is 2.11. The van der Waals surface area contributed by atoms with Gasteiger partial charge in [-0.3, -0.25) is 0 Å². The van der Waals surface area contributed by atoms with Crippen LogP contribution in [0.5, 0.6) is 0 Å². The standard InChI is InChI=1S/C12H14N2OS/c1-8-3-2-4-9(5-8)12-14-11(7-16-12)10(13)6-15/h2-5,7,10,15H,6,13H2,1H3. The van der Waals surface area contributed by atoms with E-state index in [1.54, 1.807) is 11.3 Å². The average Bonchev–Trinajstić information content (AvgIpc) is 2.77. The van der Waals surface area contributed by atoms with Crippen molar-refractivity contribution >= 4 is 11.3 Å². The van der Waals surface area contributed by atoms with Crippen LogP contribution < -0.4 is 5.73 Å². The number of thiazole rings is 1. The van der Waals surface area contributed by atoms with Crippen LogP contribution in [0.25, 0.3) is 10.6 Å². The van der Waals surface area contributed by atoms with Gasteiger partial charge in [-0.05, 0) is 13.0 Å². The maximum atomic E-state index is 8.95. The second-order valence-electron chi connectivity index (χ2n) is 3.74. The zero-order valence-corrected chi connectivity index (χ0v) is 9.87. The third kappa shape index (κ3) is 2.29. The number of aliphatic hydroxyl groups excluding tert-OH is 1. The minimum Gasteiger partial charge on any atom is -0.394 e. The Morgan fingerprint density at radius 1 is 1.50 bits per heavy atom. The van der Waals surface area contributed by atoms with Crippen molar-refractivity contribution in [1.82, 2.24) is 4.98 Å². The Bertz CT molecular complexity index is 481. The van der Waals surface area contributed by atoms with Crippen molar-refractivity contribution < 1.29 is 5.11 Å². The second kappa shape index (κ2) is 4.74. The number of aromatic nitrogens is 1. The van der Waals surface area contributed by atoms with E-state index in [-0.39, 0.29) is 12.6 Å². The Kier molecular flexibility index (Phi) is 3.33. The molecule has 0 amide bonds. The normalized spacial score (nSPS) is 12.7. The summed E-state index contributed by atoms with van der Waals surface area (Å²) in [5.74, 6) is 0. The highest BCUT2D eigenvalue weighted by atomic mass is 32.1. The molecule has 0 fully saturated rings. The minimum absolute atomic E-state index is 0.0724. The Labute approximate surface area is 98.6 Å². The summed E-state index contributed by atoms with van der Waals surface area (Å²) in [6, 6.07) is 7.80. The molecule has 0 aliphatic rings. The fourth-order valence-corrected chi connectivity index (χ4v) is 2.34. The molecule has 1 aromatic carbocycles. The molecule has 0 aliphatic carbocycles. The van der Waals surface area contributed by atoms with E-state index in [4.69, 9.17) is 10.8 Å². The number of aliphatic hydroxyl groups is 1.